The summed E-state index contributed by atoms with van der Waals surface area (Å²) < 4.78 is 6.66. The molecule has 0 N–H and O–H groups in total. The van der Waals surface area contributed by atoms with Gasteiger partial charge in [0.2, 0.25) is 0 Å². The van der Waals surface area contributed by atoms with E-state index in [1.165, 1.54) is 25.7 Å². The lowest BCUT2D eigenvalue weighted by Gasteiger charge is -2.67. The van der Waals surface area contributed by atoms with Gasteiger partial charge in [0.15, 0.2) is 0 Å². The second kappa shape index (κ2) is 3.39. The van der Waals surface area contributed by atoms with E-state index in [1.807, 2.05) is 0 Å². The Morgan fingerprint density at radius 3 is 2.71 bits per heavy atom. The lowest BCUT2D eigenvalue weighted by molar-refractivity contribution is -0.284. The van der Waals surface area contributed by atoms with Crippen molar-refractivity contribution in [3.05, 3.63) is 11.6 Å². The van der Waals surface area contributed by atoms with Crippen LogP contribution >= 0.6 is 15.9 Å². The molecule has 2 aliphatic carbocycles. The Morgan fingerprint density at radius 2 is 2.06 bits per heavy atom. The zero-order valence-corrected chi connectivity index (χ0v) is 12.9. The predicted molar refractivity (Wildman–Crippen MR) is 74.4 cm³/mol. The Kier molecular flexibility index (Phi) is 2.44. The van der Waals surface area contributed by atoms with Crippen molar-refractivity contribution in [2.24, 2.45) is 11.3 Å². The SMILES string of the molecule is CC1=CC[C@H](C)[C@@]2(C)O[C@]3(C)CC[C@]12C[C@@H]3Br. The van der Waals surface area contributed by atoms with Crippen LogP contribution in [0.25, 0.3) is 0 Å². The summed E-state index contributed by atoms with van der Waals surface area (Å²) in [4.78, 5) is 0.505. The van der Waals surface area contributed by atoms with Gasteiger partial charge in [0.1, 0.15) is 0 Å². The van der Waals surface area contributed by atoms with E-state index >= 15 is 0 Å². The van der Waals surface area contributed by atoms with Gasteiger partial charge in [-0.25, -0.2) is 0 Å². The van der Waals surface area contributed by atoms with E-state index < -0.39 is 0 Å². The molecule has 1 nitrogen and oxygen atoms in total. The first kappa shape index (κ1) is 12.2. The summed E-state index contributed by atoms with van der Waals surface area (Å²) in [5, 5.41) is 0. The number of alkyl halides is 1. The highest BCUT2D eigenvalue weighted by Gasteiger charge is 2.66. The highest BCUT2D eigenvalue weighted by Crippen LogP contribution is 2.66. The Balaban J connectivity index is 2.14. The van der Waals surface area contributed by atoms with Crippen LogP contribution in [0.2, 0.25) is 0 Å². The monoisotopic (exact) mass is 298 g/mol. The van der Waals surface area contributed by atoms with E-state index in [9.17, 15) is 0 Å². The van der Waals surface area contributed by atoms with Gasteiger partial charge in [0, 0.05) is 10.2 Å². The van der Waals surface area contributed by atoms with Gasteiger partial charge in [0.25, 0.3) is 0 Å². The molecule has 0 amide bonds. The lowest BCUT2D eigenvalue weighted by atomic mass is 9.49. The topological polar surface area (TPSA) is 9.23 Å². The van der Waals surface area contributed by atoms with Crippen molar-refractivity contribution in [1.29, 1.82) is 0 Å². The molecule has 2 aliphatic heterocycles. The van der Waals surface area contributed by atoms with Crippen LogP contribution in [0.15, 0.2) is 11.6 Å². The zero-order chi connectivity index (χ0) is 12.5. The maximum Gasteiger partial charge on any atom is 0.0787 e. The molecular formula is C15H23BrO. The van der Waals surface area contributed by atoms with E-state index in [0.29, 0.717) is 10.7 Å². The maximum atomic E-state index is 6.66. The Bertz CT molecular complexity index is 390. The van der Waals surface area contributed by atoms with Crippen molar-refractivity contribution in [3.63, 3.8) is 0 Å². The molecule has 17 heavy (non-hydrogen) atoms. The van der Waals surface area contributed by atoms with Crippen molar-refractivity contribution >= 4 is 15.9 Å². The molecule has 3 fully saturated rings. The fourth-order valence-electron chi connectivity index (χ4n) is 4.49. The molecule has 0 unspecified atom stereocenters. The summed E-state index contributed by atoms with van der Waals surface area (Å²) in [6.07, 6.45) is 7.37. The van der Waals surface area contributed by atoms with Gasteiger partial charge in [-0.2, -0.15) is 0 Å². The average Bonchev–Trinajstić information content (AvgIpc) is 2.26. The first-order valence-electron chi connectivity index (χ1n) is 6.86. The molecule has 0 aromatic rings. The smallest absolute Gasteiger partial charge is 0.0787 e. The van der Waals surface area contributed by atoms with Gasteiger partial charge in [-0.05, 0) is 52.4 Å². The average molecular weight is 299 g/mol. The summed E-state index contributed by atoms with van der Waals surface area (Å²) in [6, 6.07) is 0. The second-order valence-corrected chi connectivity index (χ2v) is 7.90. The van der Waals surface area contributed by atoms with Crippen LogP contribution in [0.5, 0.6) is 0 Å². The van der Waals surface area contributed by atoms with Crippen LogP contribution in [-0.4, -0.2) is 16.0 Å². The molecule has 2 heteroatoms. The lowest BCUT2D eigenvalue weighted by Crippen LogP contribution is -2.69. The van der Waals surface area contributed by atoms with E-state index in [-0.39, 0.29) is 16.6 Å². The second-order valence-electron chi connectivity index (χ2n) is 6.80. The fourth-order valence-corrected chi connectivity index (χ4v) is 5.36. The fraction of sp³-hybridized carbons (Fsp3) is 0.867. The summed E-state index contributed by atoms with van der Waals surface area (Å²) in [7, 11) is 0. The quantitative estimate of drug-likeness (QED) is 0.474. The molecule has 0 radical (unpaired) electrons. The molecule has 2 bridgehead atoms. The minimum atomic E-state index is 0.0440. The number of allylic oxidation sites excluding steroid dienone is 1. The van der Waals surface area contributed by atoms with E-state index in [2.05, 4.69) is 49.7 Å². The van der Waals surface area contributed by atoms with Gasteiger partial charge in [0.05, 0.1) is 11.2 Å². The third-order valence-electron chi connectivity index (χ3n) is 6.11. The van der Waals surface area contributed by atoms with E-state index in [1.54, 1.807) is 5.57 Å². The van der Waals surface area contributed by atoms with Crippen LogP contribution in [0.1, 0.15) is 53.4 Å². The first-order chi connectivity index (χ1) is 7.84. The van der Waals surface area contributed by atoms with Crippen LogP contribution in [0, 0.1) is 11.3 Å². The highest BCUT2D eigenvalue weighted by atomic mass is 79.9. The van der Waals surface area contributed by atoms with Crippen molar-refractivity contribution in [3.8, 4) is 0 Å². The Morgan fingerprint density at radius 1 is 1.35 bits per heavy atom. The first-order valence-corrected chi connectivity index (χ1v) is 7.77. The molecule has 4 aliphatic rings. The molecule has 1 spiro atoms. The third kappa shape index (κ3) is 1.29. The Labute approximate surface area is 113 Å². The van der Waals surface area contributed by atoms with Gasteiger partial charge in [-0.1, -0.05) is 34.5 Å². The molecular weight excluding hydrogens is 276 g/mol. The standard InChI is InChI=1S/C15H23BrO/c1-10-5-6-11(2)15-8-7-13(3,12(16)9-15)17-14(10,15)4/h6,10,12H,5,7-9H2,1-4H3/t10-,12-,13+,14+,15-/m0/s1. The predicted octanol–water partition coefficient (Wildman–Crippen LogP) is 4.45. The minimum absolute atomic E-state index is 0.0440. The summed E-state index contributed by atoms with van der Waals surface area (Å²) >= 11 is 3.88. The number of hydrogen-bond acceptors (Lipinski definition) is 1. The van der Waals surface area contributed by atoms with Crippen LogP contribution < -0.4 is 0 Å². The normalized spacial score (nSPS) is 57.6. The number of ether oxygens (including phenoxy) is 1. The van der Waals surface area contributed by atoms with E-state index in [0.717, 1.165) is 0 Å². The maximum absolute atomic E-state index is 6.66. The van der Waals surface area contributed by atoms with Crippen molar-refractivity contribution in [2.45, 2.75) is 69.4 Å². The third-order valence-corrected chi connectivity index (χ3v) is 7.40. The van der Waals surface area contributed by atoms with Crippen LogP contribution in [-0.2, 0) is 4.74 Å². The molecule has 4 rings (SSSR count). The van der Waals surface area contributed by atoms with Gasteiger partial charge in [-0.15, -0.1) is 0 Å². The molecule has 2 heterocycles. The van der Waals surface area contributed by atoms with Gasteiger partial charge < -0.3 is 4.74 Å². The molecule has 0 aromatic carbocycles. The number of rotatable bonds is 0. The van der Waals surface area contributed by atoms with Crippen molar-refractivity contribution < 1.29 is 4.74 Å². The largest absolute Gasteiger partial charge is 0.367 e. The molecule has 1 saturated carbocycles. The van der Waals surface area contributed by atoms with Crippen molar-refractivity contribution in [2.75, 3.05) is 0 Å². The highest BCUT2D eigenvalue weighted by molar-refractivity contribution is 9.09. The molecule has 2 saturated heterocycles. The molecule has 0 aromatic heterocycles. The summed E-state index contributed by atoms with van der Waals surface area (Å²) in [5.74, 6) is 0.630. The molecule has 5 atom stereocenters. The number of halogens is 1. The van der Waals surface area contributed by atoms with Crippen LogP contribution in [0.4, 0.5) is 0 Å². The van der Waals surface area contributed by atoms with Gasteiger partial charge in [-0.3, -0.25) is 0 Å². The van der Waals surface area contributed by atoms with E-state index in [4.69, 9.17) is 4.74 Å². The number of hydrogen-bond donors (Lipinski definition) is 0. The van der Waals surface area contributed by atoms with Crippen molar-refractivity contribution in [1.82, 2.24) is 0 Å². The summed E-state index contributed by atoms with van der Waals surface area (Å²) in [5.41, 5.74) is 1.95. The number of fused-ring (bicyclic) bond motifs is 2. The van der Waals surface area contributed by atoms with Gasteiger partial charge >= 0.3 is 0 Å². The zero-order valence-electron chi connectivity index (χ0n) is 11.3. The molecule has 96 valence electrons. The Hall–Kier alpha value is 0.180. The van der Waals surface area contributed by atoms with Crippen LogP contribution in [0.3, 0.4) is 0 Å². The minimum Gasteiger partial charge on any atom is -0.367 e. The summed E-state index contributed by atoms with van der Waals surface area (Å²) in [6.45, 7) is 9.34.